The first-order valence-electron chi connectivity index (χ1n) is 7.82. The van der Waals surface area contributed by atoms with Crippen LogP contribution in [0.25, 0.3) is 0 Å². The second-order valence-corrected chi connectivity index (χ2v) is 5.54. The Bertz CT molecular complexity index is 719. The summed E-state index contributed by atoms with van der Waals surface area (Å²) in [5.41, 5.74) is 7.06. The van der Waals surface area contributed by atoms with Gasteiger partial charge in [0.15, 0.2) is 11.5 Å². The number of hydrogen-bond donors (Lipinski definition) is 1. The van der Waals surface area contributed by atoms with Crippen LogP contribution in [-0.2, 0) is 11.3 Å². The molecule has 0 aliphatic carbocycles. The number of hydrogen-bond acceptors (Lipinski definition) is 4. The fourth-order valence-electron chi connectivity index (χ4n) is 2.55. The van der Waals surface area contributed by atoms with E-state index in [2.05, 4.69) is 0 Å². The topological polar surface area (TPSA) is 64.8 Å². The molecule has 3 rings (SSSR count). The van der Waals surface area contributed by atoms with Crippen molar-refractivity contribution >= 4 is 11.6 Å². The molecule has 1 amide bonds. The number of nitrogens with zero attached hydrogens (tertiary/aromatic N) is 1. The Kier molecular flexibility index (Phi) is 4.96. The van der Waals surface area contributed by atoms with Gasteiger partial charge in [0.25, 0.3) is 0 Å². The zero-order chi connectivity index (χ0) is 16.9. The van der Waals surface area contributed by atoms with Gasteiger partial charge in [-0.3, -0.25) is 4.79 Å². The molecule has 1 aliphatic heterocycles. The maximum absolute atomic E-state index is 13.2. The number of rotatable bonds is 6. The highest BCUT2D eigenvalue weighted by atomic mass is 19.1. The molecule has 126 valence electrons. The third kappa shape index (κ3) is 3.65. The Labute approximate surface area is 139 Å². The minimum Gasteiger partial charge on any atom is -0.454 e. The fraction of sp³-hybridized carbons (Fsp3) is 0.278. The number of halogens is 1. The van der Waals surface area contributed by atoms with E-state index in [0.29, 0.717) is 43.1 Å². The Morgan fingerprint density at radius 3 is 2.62 bits per heavy atom. The molecule has 0 aromatic heterocycles. The molecule has 1 aliphatic rings. The lowest BCUT2D eigenvalue weighted by atomic mass is 10.1. The molecule has 0 bridgehead atoms. The summed E-state index contributed by atoms with van der Waals surface area (Å²) in [6.45, 7) is 1.02. The summed E-state index contributed by atoms with van der Waals surface area (Å²) in [5.74, 6) is 0.975. The van der Waals surface area contributed by atoms with Gasteiger partial charge in [0.05, 0.1) is 6.54 Å². The average Bonchev–Trinajstić information content (AvgIpc) is 3.06. The van der Waals surface area contributed by atoms with Crippen LogP contribution in [0.4, 0.5) is 10.1 Å². The monoisotopic (exact) mass is 330 g/mol. The smallest absolute Gasteiger partial charge is 0.231 e. The van der Waals surface area contributed by atoms with Crippen molar-refractivity contribution in [2.75, 3.05) is 18.2 Å². The molecule has 0 unspecified atom stereocenters. The van der Waals surface area contributed by atoms with Crippen LogP contribution in [0.5, 0.6) is 11.5 Å². The van der Waals surface area contributed by atoms with E-state index in [1.165, 1.54) is 12.1 Å². The maximum Gasteiger partial charge on any atom is 0.231 e. The van der Waals surface area contributed by atoms with Crippen LogP contribution in [0.1, 0.15) is 18.4 Å². The maximum atomic E-state index is 13.2. The van der Waals surface area contributed by atoms with Crippen molar-refractivity contribution < 1.29 is 18.7 Å². The Hall–Kier alpha value is -2.60. The van der Waals surface area contributed by atoms with Crippen LogP contribution >= 0.6 is 0 Å². The van der Waals surface area contributed by atoms with E-state index in [4.69, 9.17) is 15.2 Å². The third-order valence-electron chi connectivity index (χ3n) is 3.81. The van der Waals surface area contributed by atoms with Crippen molar-refractivity contribution in [2.24, 2.45) is 5.73 Å². The highest BCUT2D eigenvalue weighted by Crippen LogP contribution is 2.33. The second-order valence-electron chi connectivity index (χ2n) is 5.54. The summed E-state index contributed by atoms with van der Waals surface area (Å²) < 4.78 is 23.9. The predicted octanol–water partition coefficient (Wildman–Crippen LogP) is 2.83. The molecule has 2 N–H and O–H groups in total. The van der Waals surface area contributed by atoms with E-state index in [9.17, 15) is 9.18 Å². The van der Waals surface area contributed by atoms with Gasteiger partial charge in [-0.2, -0.15) is 0 Å². The Balaban J connectivity index is 1.83. The minimum atomic E-state index is -0.337. The van der Waals surface area contributed by atoms with Crippen LogP contribution in [0.15, 0.2) is 42.5 Å². The van der Waals surface area contributed by atoms with Crippen LogP contribution in [0.3, 0.4) is 0 Å². The number of nitrogens with two attached hydrogens (primary N) is 1. The zero-order valence-electron chi connectivity index (χ0n) is 13.2. The van der Waals surface area contributed by atoms with Crippen molar-refractivity contribution in [3.8, 4) is 11.5 Å². The first kappa shape index (κ1) is 16.3. The predicted molar refractivity (Wildman–Crippen MR) is 88.4 cm³/mol. The molecular formula is C18H19FN2O3. The lowest BCUT2D eigenvalue weighted by molar-refractivity contribution is -0.118. The quantitative estimate of drug-likeness (QED) is 0.884. The lowest BCUT2D eigenvalue weighted by Gasteiger charge is -2.23. The minimum absolute atomic E-state index is 0.0512. The van der Waals surface area contributed by atoms with Gasteiger partial charge in [0, 0.05) is 12.1 Å². The van der Waals surface area contributed by atoms with E-state index >= 15 is 0 Å². The first-order chi connectivity index (χ1) is 11.7. The number of carbonyl (C=O) groups is 1. The molecule has 1 heterocycles. The SMILES string of the molecule is NCCCC(=O)N(Cc1ccc2c(c1)OCO2)c1ccc(F)cc1. The van der Waals surface area contributed by atoms with Crippen LogP contribution in [0, 0.1) is 5.82 Å². The molecule has 0 saturated carbocycles. The van der Waals surface area contributed by atoms with E-state index < -0.39 is 0 Å². The standard InChI is InChI=1S/C18H19FN2O3/c19-14-4-6-15(7-5-14)21(18(22)2-1-9-20)11-13-3-8-16-17(10-13)24-12-23-16/h3-8,10H,1-2,9,11-12,20H2. The summed E-state index contributed by atoms with van der Waals surface area (Å²) in [4.78, 5) is 14.2. The molecule has 24 heavy (non-hydrogen) atoms. The van der Waals surface area contributed by atoms with Gasteiger partial charge in [0.1, 0.15) is 5.82 Å². The van der Waals surface area contributed by atoms with E-state index in [0.717, 1.165) is 5.56 Å². The van der Waals surface area contributed by atoms with E-state index in [1.807, 2.05) is 18.2 Å². The van der Waals surface area contributed by atoms with Gasteiger partial charge in [0.2, 0.25) is 12.7 Å². The van der Waals surface area contributed by atoms with Gasteiger partial charge in [-0.05, 0) is 54.9 Å². The molecule has 2 aromatic carbocycles. The normalized spacial score (nSPS) is 12.2. The van der Waals surface area contributed by atoms with Crippen molar-refractivity contribution in [3.05, 3.63) is 53.8 Å². The lowest BCUT2D eigenvalue weighted by Crippen LogP contribution is -2.30. The van der Waals surface area contributed by atoms with Crippen molar-refractivity contribution in [1.82, 2.24) is 0 Å². The number of fused-ring (bicyclic) bond motifs is 1. The highest BCUT2D eigenvalue weighted by Gasteiger charge is 2.18. The van der Waals surface area contributed by atoms with E-state index in [1.54, 1.807) is 17.0 Å². The molecule has 0 radical (unpaired) electrons. The van der Waals surface area contributed by atoms with Crippen LogP contribution < -0.4 is 20.1 Å². The zero-order valence-corrected chi connectivity index (χ0v) is 13.2. The van der Waals surface area contributed by atoms with Crippen molar-refractivity contribution in [2.45, 2.75) is 19.4 Å². The summed E-state index contributed by atoms with van der Waals surface area (Å²) in [5, 5.41) is 0. The van der Waals surface area contributed by atoms with Gasteiger partial charge in [-0.25, -0.2) is 4.39 Å². The molecule has 0 atom stereocenters. The summed E-state index contributed by atoms with van der Waals surface area (Å²) in [7, 11) is 0. The Morgan fingerprint density at radius 1 is 1.12 bits per heavy atom. The van der Waals surface area contributed by atoms with Crippen molar-refractivity contribution in [3.63, 3.8) is 0 Å². The highest BCUT2D eigenvalue weighted by molar-refractivity contribution is 5.93. The summed E-state index contributed by atoms with van der Waals surface area (Å²) in [6, 6.07) is 11.5. The van der Waals surface area contributed by atoms with Gasteiger partial charge in [-0.1, -0.05) is 6.07 Å². The molecule has 6 heteroatoms. The van der Waals surface area contributed by atoms with Gasteiger partial charge >= 0.3 is 0 Å². The largest absolute Gasteiger partial charge is 0.454 e. The molecule has 0 spiro atoms. The number of carbonyl (C=O) groups excluding carboxylic acids is 1. The van der Waals surface area contributed by atoms with Crippen LogP contribution in [0.2, 0.25) is 0 Å². The van der Waals surface area contributed by atoms with E-state index in [-0.39, 0.29) is 18.5 Å². The number of ether oxygens (including phenoxy) is 2. The van der Waals surface area contributed by atoms with Gasteiger partial charge < -0.3 is 20.1 Å². The third-order valence-corrected chi connectivity index (χ3v) is 3.81. The molecule has 5 nitrogen and oxygen atoms in total. The Morgan fingerprint density at radius 2 is 1.88 bits per heavy atom. The van der Waals surface area contributed by atoms with Crippen LogP contribution in [-0.4, -0.2) is 19.2 Å². The van der Waals surface area contributed by atoms with Crippen molar-refractivity contribution in [1.29, 1.82) is 0 Å². The summed E-state index contributed by atoms with van der Waals surface area (Å²) >= 11 is 0. The molecule has 2 aromatic rings. The number of amides is 1. The first-order valence-corrected chi connectivity index (χ1v) is 7.82. The fourth-order valence-corrected chi connectivity index (χ4v) is 2.55. The number of anilines is 1. The molecule has 0 fully saturated rings. The van der Waals surface area contributed by atoms with Gasteiger partial charge in [-0.15, -0.1) is 0 Å². The second kappa shape index (κ2) is 7.31. The summed E-state index contributed by atoms with van der Waals surface area (Å²) in [6.07, 6.45) is 0.954. The molecular weight excluding hydrogens is 311 g/mol. The number of benzene rings is 2. The average molecular weight is 330 g/mol. The molecule has 0 saturated heterocycles.